The highest BCUT2D eigenvalue weighted by molar-refractivity contribution is 7.80. The molecule has 0 aromatic heterocycles. The van der Waals surface area contributed by atoms with E-state index in [-0.39, 0.29) is 0 Å². The molecule has 0 amide bonds. The van der Waals surface area contributed by atoms with Crippen LogP contribution in [0.15, 0.2) is 42.5 Å². The van der Waals surface area contributed by atoms with Crippen molar-refractivity contribution in [3.05, 3.63) is 59.7 Å². The van der Waals surface area contributed by atoms with Crippen molar-refractivity contribution in [2.45, 2.75) is 25.8 Å². The molecule has 0 saturated carbocycles. The predicted molar refractivity (Wildman–Crippen MR) is 100 cm³/mol. The van der Waals surface area contributed by atoms with Crippen LogP contribution in [0.2, 0.25) is 0 Å². The van der Waals surface area contributed by atoms with Gasteiger partial charge in [0.15, 0.2) is 0 Å². The number of rotatable bonds is 6. The summed E-state index contributed by atoms with van der Waals surface area (Å²) in [6.45, 7) is 2.12. The molecular weight excluding hydrogens is 344 g/mol. The average molecular weight is 367 g/mol. The summed E-state index contributed by atoms with van der Waals surface area (Å²) in [5, 5.41) is 10.8. The second-order valence-corrected chi connectivity index (χ2v) is 5.80. The van der Waals surface area contributed by atoms with Gasteiger partial charge in [-0.15, -0.1) is 0 Å². The van der Waals surface area contributed by atoms with E-state index in [0.717, 1.165) is 24.5 Å². The Balaban J connectivity index is 0.000000333. The first-order valence-electron chi connectivity index (χ1n) is 7.98. The maximum atomic E-state index is 13.5. The van der Waals surface area contributed by atoms with Crippen LogP contribution in [-0.4, -0.2) is 29.9 Å². The van der Waals surface area contributed by atoms with Crippen molar-refractivity contribution in [1.29, 1.82) is 0 Å². The lowest BCUT2D eigenvalue weighted by Crippen LogP contribution is -2.35. The van der Waals surface area contributed by atoms with E-state index in [0.29, 0.717) is 11.3 Å². The van der Waals surface area contributed by atoms with Crippen LogP contribution in [0.5, 0.6) is 0 Å². The lowest BCUT2D eigenvalue weighted by atomic mass is 10.0. The molecule has 2 aromatic carbocycles. The smallest absolute Gasteiger partial charge is 0.321 e. The number of nitrogens with one attached hydrogen (secondary N) is 1. The lowest BCUT2D eigenvalue weighted by molar-refractivity contribution is -0.138. The van der Waals surface area contributed by atoms with Gasteiger partial charge in [-0.3, -0.25) is 4.79 Å². The standard InChI is InChI=1S/C15H14F2.C4H9NO2S/c1-2-3-11-4-6-12(7-5-11)14-9-8-13(16)10-15(14)17;1-5-3(2-8)4(6)7/h4-10H,2-3H2,1H3;3,5,8H,2H2,1H3,(H,6,7)/t;3-/m.1/s1. The molecule has 0 fully saturated rings. The zero-order valence-corrected chi connectivity index (χ0v) is 15.2. The summed E-state index contributed by atoms with van der Waals surface area (Å²) in [5.41, 5.74) is 2.45. The normalized spacial score (nSPS) is 11.4. The summed E-state index contributed by atoms with van der Waals surface area (Å²) < 4.78 is 26.3. The number of aliphatic carboxylic acids is 1. The van der Waals surface area contributed by atoms with E-state index < -0.39 is 23.6 Å². The fourth-order valence-corrected chi connectivity index (χ4v) is 2.49. The molecule has 2 rings (SSSR count). The Hall–Kier alpha value is -1.92. The van der Waals surface area contributed by atoms with Gasteiger partial charge in [-0.1, -0.05) is 37.6 Å². The minimum absolute atomic E-state index is 0.325. The van der Waals surface area contributed by atoms with Gasteiger partial charge in [-0.2, -0.15) is 12.6 Å². The Kier molecular flexibility index (Phi) is 9.16. The van der Waals surface area contributed by atoms with E-state index in [1.807, 2.05) is 24.3 Å². The highest BCUT2D eigenvalue weighted by Gasteiger charge is 2.10. The van der Waals surface area contributed by atoms with Crippen molar-refractivity contribution in [2.75, 3.05) is 12.8 Å². The molecule has 0 heterocycles. The number of benzene rings is 2. The predicted octanol–water partition coefficient (Wildman–Crippen LogP) is 4.17. The highest BCUT2D eigenvalue weighted by atomic mass is 32.1. The number of thiol groups is 1. The summed E-state index contributed by atoms with van der Waals surface area (Å²) in [7, 11) is 1.59. The quantitative estimate of drug-likeness (QED) is 0.672. The molecule has 0 saturated heterocycles. The van der Waals surface area contributed by atoms with Crippen molar-refractivity contribution in [1.82, 2.24) is 5.32 Å². The molecule has 0 spiro atoms. The minimum atomic E-state index is -0.859. The van der Waals surface area contributed by atoms with E-state index in [1.54, 1.807) is 7.05 Å². The maximum Gasteiger partial charge on any atom is 0.321 e. The molecule has 6 heteroatoms. The Morgan fingerprint density at radius 2 is 1.84 bits per heavy atom. The Bertz CT molecular complexity index is 674. The van der Waals surface area contributed by atoms with Gasteiger partial charge in [-0.05, 0) is 36.7 Å². The first-order chi connectivity index (χ1) is 11.9. The first kappa shape index (κ1) is 21.1. The number of carbonyl (C=O) groups is 1. The molecule has 2 N–H and O–H groups in total. The van der Waals surface area contributed by atoms with Crippen LogP contribution in [0.25, 0.3) is 11.1 Å². The van der Waals surface area contributed by atoms with Crippen molar-refractivity contribution in [2.24, 2.45) is 0 Å². The van der Waals surface area contributed by atoms with E-state index >= 15 is 0 Å². The Morgan fingerprint density at radius 1 is 1.20 bits per heavy atom. The summed E-state index contributed by atoms with van der Waals surface area (Å²) >= 11 is 3.79. The summed E-state index contributed by atoms with van der Waals surface area (Å²) in [6.07, 6.45) is 2.11. The molecule has 0 radical (unpaired) electrons. The molecule has 0 aliphatic carbocycles. The summed E-state index contributed by atoms with van der Waals surface area (Å²) in [5.74, 6) is -1.60. The molecule has 0 unspecified atom stereocenters. The zero-order chi connectivity index (χ0) is 18.8. The monoisotopic (exact) mass is 367 g/mol. The minimum Gasteiger partial charge on any atom is -0.480 e. The zero-order valence-electron chi connectivity index (χ0n) is 14.3. The van der Waals surface area contributed by atoms with Gasteiger partial charge < -0.3 is 10.4 Å². The topological polar surface area (TPSA) is 49.3 Å². The van der Waals surface area contributed by atoms with E-state index in [2.05, 4.69) is 24.9 Å². The largest absolute Gasteiger partial charge is 0.480 e. The number of halogens is 2. The number of carboxylic acids is 1. The number of likely N-dealkylation sites (N-methyl/N-ethyl adjacent to an activating group) is 1. The van der Waals surface area contributed by atoms with Gasteiger partial charge in [0.1, 0.15) is 17.7 Å². The van der Waals surface area contributed by atoms with Crippen molar-refractivity contribution >= 4 is 18.6 Å². The third kappa shape index (κ3) is 6.84. The molecule has 0 aliphatic heterocycles. The van der Waals surface area contributed by atoms with Crippen molar-refractivity contribution in [3.63, 3.8) is 0 Å². The third-order valence-corrected chi connectivity index (χ3v) is 3.93. The molecular formula is C19H23F2NO2S. The molecule has 3 nitrogen and oxygen atoms in total. The van der Waals surface area contributed by atoms with Crippen LogP contribution in [0.3, 0.4) is 0 Å². The fourth-order valence-electron chi connectivity index (χ4n) is 2.16. The van der Waals surface area contributed by atoms with Crippen LogP contribution in [0, 0.1) is 11.6 Å². The second-order valence-electron chi connectivity index (χ2n) is 5.43. The molecule has 2 aromatic rings. The fraction of sp³-hybridized carbons (Fsp3) is 0.316. The van der Waals surface area contributed by atoms with Crippen LogP contribution in [-0.2, 0) is 11.2 Å². The van der Waals surface area contributed by atoms with Crippen LogP contribution < -0.4 is 5.32 Å². The van der Waals surface area contributed by atoms with Gasteiger partial charge in [0, 0.05) is 17.4 Å². The SMILES string of the molecule is CCCc1ccc(-c2ccc(F)cc2F)cc1.CN[C@H](CS)C(=O)O. The molecule has 136 valence electrons. The van der Waals surface area contributed by atoms with E-state index in [4.69, 9.17) is 5.11 Å². The number of aryl methyl sites for hydroxylation is 1. The van der Waals surface area contributed by atoms with Crippen molar-refractivity contribution < 1.29 is 18.7 Å². The molecule has 0 aliphatic rings. The highest BCUT2D eigenvalue weighted by Crippen LogP contribution is 2.23. The van der Waals surface area contributed by atoms with E-state index in [1.165, 1.54) is 17.7 Å². The Morgan fingerprint density at radius 3 is 2.24 bits per heavy atom. The summed E-state index contributed by atoms with van der Waals surface area (Å²) in [4.78, 5) is 10.1. The van der Waals surface area contributed by atoms with Crippen LogP contribution in [0.1, 0.15) is 18.9 Å². The van der Waals surface area contributed by atoms with Gasteiger partial charge in [0.25, 0.3) is 0 Å². The number of carboxylic acid groups (broad SMARTS) is 1. The van der Waals surface area contributed by atoms with Crippen LogP contribution in [0.4, 0.5) is 8.78 Å². The first-order valence-corrected chi connectivity index (χ1v) is 8.61. The maximum absolute atomic E-state index is 13.5. The van der Waals surface area contributed by atoms with Gasteiger partial charge in [-0.25, -0.2) is 8.78 Å². The van der Waals surface area contributed by atoms with Crippen LogP contribution >= 0.6 is 12.6 Å². The second kappa shape index (κ2) is 10.8. The molecule has 1 atom stereocenters. The summed E-state index contributed by atoms with van der Waals surface area (Å²) in [6, 6.07) is 10.9. The average Bonchev–Trinajstić information content (AvgIpc) is 2.57. The number of hydrogen-bond acceptors (Lipinski definition) is 3. The third-order valence-electron chi connectivity index (χ3n) is 3.56. The van der Waals surface area contributed by atoms with E-state index in [9.17, 15) is 13.6 Å². The molecule has 0 bridgehead atoms. The molecule has 25 heavy (non-hydrogen) atoms. The van der Waals surface area contributed by atoms with Gasteiger partial charge >= 0.3 is 5.97 Å². The lowest BCUT2D eigenvalue weighted by Gasteiger charge is -2.05. The Labute approximate surface area is 152 Å². The van der Waals surface area contributed by atoms with Gasteiger partial charge in [0.05, 0.1) is 0 Å². The number of hydrogen-bond donors (Lipinski definition) is 3. The van der Waals surface area contributed by atoms with Crippen molar-refractivity contribution in [3.8, 4) is 11.1 Å². The van der Waals surface area contributed by atoms with Gasteiger partial charge in [0.2, 0.25) is 0 Å².